The molecule has 1 aromatic rings. The first-order chi connectivity index (χ1) is 5.15. The van der Waals surface area contributed by atoms with Gasteiger partial charge in [-0.25, -0.2) is 0 Å². The van der Waals surface area contributed by atoms with Gasteiger partial charge in [-0.15, -0.1) is 0 Å². The van der Waals surface area contributed by atoms with Crippen LogP contribution in [-0.4, -0.2) is 6.66 Å². The standard InChI is InChI=1S/C10H15P/c1-7-5-8(2)9(3)10(6-7)11-4/h5-6,11H,1-4H3. The first-order valence-electron chi connectivity index (χ1n) is 3.90. The van der Waals surface area contributed by atoms with Crippen LogP contribution in [0.15, 0.2) is 12.1 Å². The molecule has 0 aromatic heterocycles. The van der Waals surface area contributed by atoms with Gasteiger partial charge in [0.05, 0.1) is 0 Å². The second-order valence-electron chi connectivity index (χ2n) is 3.00. The van der Waals surface area contributed by atoms with E-state index in [4.69, 9.17) is 0 Å². The Bertz CT molecular complexity index is 264. The molecule has 0 spiro atoms. The Morgan fingerprint density at radius 3 is 2.27 bits per heavy atom. The van der Waals surface area contributed by atoms with Gasteiger partial charge in [0.2, 0.25) is 0 Å². The smallest absolute Gasteiger partial charge is 0.0240 e. The van der Waals surface area contributed by atoms with Gasteiger partial charge < -0.3 is 0 Å². The topological polar surface area (TPSA) is 0 Å². The highest BCUT2D eigenvalue weighted by molar-refractivity contribution is 7.46. The molecule has 1 rings (SSSR count). The van der Waals surface area contributed by atoms with Crippen molar-refractivity contribution in [3.8, 4) is 0 Å². The van der Waals surface area contributed by atoms with Crippen LogP contribution in [0.4, 0.5) is 0 Å². The minimum Gasteiger partial charge on any atom is -0.0933 e. The Hall–Kier alpha value is -0.350. The number of aryl methyl sites for hydroxylation is 2. The summed E-state index contributed by atoms with van der Waals surface area (Å²) in [4.78, 5) is 0. The zero-order valence-corrected chi connectivity index (χ0v) is 8.65. The lowest BCUT2D eigenvalue weighted by Crippen LogP contribution is -2.02. The third kappa shape index (κ3) is 1.81. The highest BCUT2D eigenvalue weighted by Gasteiger charge is 1.99. The Labute approximate surface area is 70.8 Å². The molecule has 0 aliphatic carbocycles. The summed E-state index contributed by atoms with van der Waals surface area (Å²) in [6, 6.07) is 4.54. The van der Waals surface area contributed by atoms with Crippen LogP contribution in [0.25, 0.3) is 0 Å². The first-order valence-corrected chi connectivity index (χ1v) is 5.40. The van der Waals surface area contributed by atoms with Crippen LogP contribution in [0, 0.1) is 20.8 Å². The third-order valence-corrected chi connectivity index (χ3v) is 3.14. The molecule has 0 nitrogen and oxygen atoms in total. The average Bonchev–Trinajstić information content (AvgIpc) is 1.96. The van der Waals surface area contributed by atoms with Crippen molar-refractivity contribution in [2.24, 2.45) is 0 Å². The van der Waals surface area contributed by atoms with Crippen molar-refractivity contribution in [3.05, 3.63) is 28.8 Å². The Morgan fingerprint density at radius 2 is 1.73 bits per heavy atom. The molecule has 11 heavy (non-hydrogen) atoms. The van der Waals surface area contributed by atoms with Crippen LogP contribution in [0.3, 0.4) is 0 Å². The van der Waals surface area contributed by atoms with Crippen molar-refractivity contribution in [2.45, 2.75) is 20.8 Å². The zero-order chi connectivity index (χ0) is 8.43. The summed E-state index contributed by atoms with van der Waals surface area (Å²) in [7, 11) is 0.922. The molecular formula is C10H15P. The SMILES string of the molecule is CPc1cc(C)cc(C)c1C. The van der Waals surface area contributed by atoms with Crippen molar-refractivity contribution in [1.29, 1.82) is 0 Å². The first kappa shape index (κ1) is 8.74. The summed E-state index contributed by atoms with van der Waals surface area (Å²) in [6.07, 6.45) is 0. The average molecular weight is 166 g/mol. The molecule has 0 aliphatic rings. The van der Waals surface area contributed by atoms with Crippen molar-refractivity contribution < 1.29 is 0 Å². The summed E-state index contributed by atoms with van der Waals surface area (Å²) >= 11 is 0. The van der Waals surface area contributed by atoms with E-state index in [1.807, 2.05) is 0 Å². The molecule has 0 bridgehead atoms. The van der Waals surface area contributed by atoms with Gasteiger partial charge in [-0.3, -0.25) is 0 Å². The van der Waals surface area contributed by atoms with E-state index in [1.54, 1.807) is 0 Å². The molecule has 0 aliphatic heterocycles. The molecule has 1 atom stereocenters. The summed E-state index contributed by atoms with van der Waals surface area (Å²) < 4.78 is 0. The quantitative estimate of drug-likeness (QED) is 0.562. The van der Waals surface area contributed by atoms with E-state index in [2.05, 4.69) is 39.6 Å². The molecule has 0 heterocycles. The number of rotatable bonds is 1. The molecule has 0 fully saturated rings. The fourth-order valence-corrected chi connectivity index (χ4v) is 2.24. The highest BCUT2D eigenvalue weighted by Crippen LogP contribution is 2.14. The van der Waals surface area contributed by atoms with Crippen LogP contribution >= 0.6 is 8.58 Å². The summed E-state index contributed by atoms with van der Waals surface area (Å²) in [5, 5.41) is 1.52. The van der Waals surface area contributed by atoms with Gasteiger partial charge in [0.15, 0.2) is 0 Å². The van der Waals surface area contributed by atoms with Crippen molar-refractivity contribution in [1.82, 2.24) is 0 Å². The maximum atomic E-state index is 2.29. The van der Waals surface area contributed by atoms with Gasteiger partial charge in [0.25, 0.3) is 0 Å². The predicted octanol–water partition coefficient (Wildman–Crippen LogP) is 2.55. The molecule has 0 saturated heterocycles. The lowest BCUT2D eigenvalue weighted by atomic mass is 10.1. The fraction of sp³-hybridized carbons (Fsp3) is 0.400. The number of hydrogen-bond acceptors (Lipinski definition) is 0. The van der Waals surface area contributed by atoms with Gasteiger partial charge in [-0.05, 0) is 43.9 Å². The van der Waals surface area contributed by atoms with Gasteiger partial charge in [-0.1, -0.05) is 26.3 Å². The predicted molar refractivity (Wildman–Crippen MR) is 54.5 cm³/mol. The normalized spacial score (nSPS) is 11.3. The van der Waals surface area contributed by atoms with Gasteiger partial charge in [-0.2, -0.15) is 0 Å². The van der Waals surface area contributed by atoms with E-state index in [-0.39, 0.29) is 0 Å². The van der Waals surface area contributed by atoms with Crippen molar-refractivity contribution in [2.75, 3.05) is 6.66 Å². The lowest BCUT2D eigenvalue weighted by molar-refractivity contribution is 1.32. The largest absolute Gasteiger partial charge is 0.0933 e. The molecule has 1 aromatic carbocycles. The maximum absolute atomic E-state index is 2.29. The minimum atomic E-state index is 0.922. The van der Waals surface area contributed by atoms with E-state index >= 15 is 0 Å². The summed E-state index contributed by atoms with van der Waals surface area (Å²) in [6.45, 7) is 8.80. The van der Waals surface area contributed by atoms with Crippen LogP contribution in [-0.2, 0) is 0 Å². The lowest BCUT2D eigenvalue weighted by Gasteiger charge is -2.07. The Balaban J connectivity index is 3.24. The van der Waals surface area contributed by atoms with Crippen LogP contribution in [0.5, 0.6) is 0 Å². The molecule has 0 radical (unpaired) electrons. The van der Waals surface area contributed by atoms with E-state index in [0.29, 0.717) is 0 Å². The van der Waals surface area contributed by atoms with Gasteiger partial charge in [0.1, 0.15) is 0 Å². The molecule has 1 heteroatoms. The van der Waals surface area contributed by atoms with E-state index < -0.39 is 0 Å². The van der Waals surface area contributed by atoms with Crippen LogP contribution in [0.2, 0.25) is 0 Å². The summed E-state index contributed by atoms with van der Waals surface area (Å²) in [5.41, 5.74) is 4.28. The summed E-state index contributed by atoms with van der Waals surface area (Å²) in [5.74, 6) is 0. The molecule has 0 N–H and O–H groups in total. The Morgan fingerprint density at radius 1 is 1.09 bits per heavy atom. The molecular weight excluding hydrogens is 151 g/mol. The van der Waals surface area contributed by atoms with E-state index in [9.17, 15) is 0 Å². The monoisotopic (exact) mass is 166 g/mol. The van der Waals surface area contributed by atoms with E-state index in [0.717, 1.165) is 8.58 Å². The minimum absolute atomic E-state index is 0.922. The molecule has 0 amide bonds. The van der Waals surface area contributed by atoms with Crippen molar-refractivity contribution >= 4 is 13.9 Å². The van der Waals surface area contributed by atoms with Gasteiger partial charge in [0, 0.05) is 0 Å². The second-order valence-corrected chi connectivity index (χ2v) is 4.04. The number of benzene rings is 1. The third-order valence-electron chi connectivity index (χ3n) is 2.08. The maximum Gasteiger partial charge on any atom is -0.0240 e. The fourth-order valence-electron chi connectivity index (χ4n) is 1.30. The molecule has 0 saturated carbocycles. The molecule has 60 valence electrons. The molecule has 1 unspecified atom stereocenters. The highest BCUT2D eigenvalue weighted by atomic mass is 31.1. The van der Waals surface area contributed by atoms with Crippen LogP contribution < -0.4 is 5.30 Å². The second kappa shape index (κ2) is 3.36. The van der Waals surface area contributed by atoms with E-state index in [1.165, 1.54) is 22.0 Å². The van der Waals surface area contributed by atoms with Crippen molar-refractivity contribution in [3.63, 3.8) is 0 Å². The van der Waals surface area contributed by atoms with Crippen LogP contribution in [0.1, 0.15) is 16.7 Å². The Kier molecular flexibility index (Phi) is 2.67. The number of hydrogen-bond donors (Lipinski definition) is 0. The van der Waals surface area contributed by atoms with Gasteiger partial charge >= 0.3 is 0 Å². The zero-order valence-electron chi connectivity index (χ0n) is 7.65.